The van der Waals surface area contributed by atoms with Crippen LogP contribution >= 0.6 is 0 Å². The Balaban J connectivity index is 1.42. The molecule has 3 aromatic rings. The highest BCUT2D eigenvalue weighted by Crippen LogP contribution is 2.41. The van der Waals surface area contributed by atoms with Crippen LogP contribution in [0, 0.1) is 0 Å². The van der Waals surface area contributed by atoms with Crippen molar-refractivity contribution in [3.05, 3.63) is 66.1 Å². The summed E-state index contributed by atoms with van der Waals surface area (Å²) < 4.78 is 2.04. The number of fused-ring (bicyclic) bond motifs is 1. The van der Waals surface area contributed by atoms with Crippen LogP contribution in [0.15, 0.2) is 59.7 Å². The molecule has 0 amide bonds. The zero-order chi connectivity index (χ0) is 19.9. The highest BCUT2D eigenvalue weighted by Gasteiger charge is 2.35. The molecule has 0 aliphatic heterocycles. The molecule has 1 aliphatic rings. The standard InChI is InChI=1S/C23H30N6/c1-2-24-22(25-16-13-21-28-27-20-12-6-9-17-29(20)21)26-18-23(14-7-8-15-23)19-10-4-3-5-11-19/h3-6,9-12,17H,2,7-8,13-16,18H2,1H3,(H2,24,25,26). The molecule has 152 valence electrons. The Kier molecular flexibility index (Phi) is 6.08. The molecule has 2 N–H and O–H groups in total. The molecule has 0 unspecified atom stereocenters. The number of benzene rings is 1. The van der Waals surface area contributed by atoms with Crippen molar-refractivity contribution in [2.45, 2.75) is 44.4 Å². The van der Waals surface area contributed by atoms with Gasteiger partial charge in [-0.15, -0.1) is 10.2 Å². The summed E-state index contributed by atoms with van der Waals surface area (Å²) in [5, 5.41) is 15.4. The van der Waals surface area contributed by atoms with Crippen molar-refractivity contribution in [3.8, 4) is 0 Å². The summed E-state index contributed by atoms with van der Waals surface area (Å²) in [6, 6.07) is 16.9. The van der Waals surface area contributed by atoms with Crippen LogP contribution in [0.1, 0.15) is 44.0 Å². The van der Waals surface area contributed by atoms with E-state index in [-0.39, 0.29) is 5.41 Å². The lowest BCUT2D eigenvalue weighted by molar-refractivity contribution is 0.452. The first kappa shape index (κ1) is 19.4. The third kappa shape index (κ3) is 4.42. The SMILES string of the molecule is CCNC(=NCC1(c2ccccc2)CCCC1)NCCc1nnc2ccccn12. The van der Waals surface area contributed by atoms with Gasteiger partial charge < -0.3 is 10.6 Å². The molecule has 1 fully saturated rings. The van der Waals surface area contributed by atoms with Crippen LogP contribution in [0.3, 0.4) is 0 Å². The predicted molar refractivity (Wildman–Crippen MR) is 117 cm³/mol. The lowest BCUT2D eigenvalue weighted by Gasteiger charge is -2.28. The van der Waals surface area contributed by atoms with Gasteiger partial charge in [0.05, 0.1) is 6.54 Å². The van der Waals surface area contributed by atoms with E-state index in [4.69, 9.17) is 4.99 Å². The average molecular weight is 391 g/mol. The number of hydrogen-bond donors (Lipinski definition) is 2. The minimum absolute atomic E-state index is 0.173. The normalized spacial score (nSPS) is 16.2. The molecule has 6 nitrogen and oxygen atoms in total. The first-order chi connectivity index (χ1) is 14.3. The van der Waals surface area contributed by atoms with Gasteiger partial charge >= 0.3 is 0 Å². The average Bonchev–Trinajstić information content (AvgIpc) is 3.41. The summed E-state index contributed by atoms with van der Waals surface area (Å²) in [5.41, 5.74) is 2.48. The number of nitrogens with one attached hydrogen (secondary N) is 2. The maximum atomic E-state index is 4.98. The molecule has 29 heavy (non-hydrogen) atoms. The summed E-state index contributed by atoms with van der Waals surface area (Å²) in [6.45, 7) is 4.53. The van der Waals surface area contributed by atoms with Crippen LogP contribution in [0.2, 0.25) is 0 Å². The summed E-state index contributed by atoms with van der Waals surface area (Å²) in [4.78, 5) is 4.98. The Hall–Kier alpha value is -2.89. The van der Waals surface area contributed by atoms with Gasteiger partial charge in [-0.2, -0.15) is 0 Å². The molecule has 4 rings (SSSR count). The fraction of sp³-hybridized carbons (Fsp3) is 0.435. The second-order valence-corrected chi connectivity index (χ2v) is 7.77. The maximum Gasteiger partial charge on any atom is 0.191 e. The lowest BCUT2D eigenvalue weighted by atomic mass is 9.79. The quantitative estimate of drug-likeness (QED) is 0.480. The van der Waals surface area contributed by atoms with Gasteiger partial charge in [0.25, 0.3) is 0 Å². The van der Waals surface area contributed by atoms with E-state index < -0.39 is 0 Å². The number of rotatable bonds is 7. The Morgan fingerprint density at radius 3 is 2.62 bits per heavy atom. The summed E-state index contributed by atoms with van der Waals surface area (Å²) in [5.74, 6) is 1.84. The molecule has 1 aliphatic carbocycles. The maximum absolute atomic E-state index is 4.98. The van der Waals surface area contributed by atoms with E-state index in [9.17, 15) is 0 Å². The predicted octanol–water partition coefficient (Wildman–Crippen LogP) is 3.34. The zero-order valence-corrected chi connectivity index (χ0v) is 17.1. The van der Waals surface area contributed by atoms with Crippen molar-refractivity contribution in [1.29, 1.82) is 0 Å². The van der Waals surface area contributed by atoms with E-state index in [2.05, 4.69) is 58.1 Å². The monoisotopic (exact) mass is 390 g/mol. The lowest BCUT2D eigenvalue weighted by Crippen LogP contribution is -2.40. The van der Waals surface area contributed by atoms with E-state index in [1.165, 1.54) is 31.2 Å². The fourth-order valence-electron chi connectivity index (χ4n) is 4.31. The van der Waals surface area contributed by atoms with Crippen LogP contribution in [0.25, 0.3) is 5.65 Å². The summed E-state index contributed by atoms with van der Waals surface area (Å²) in [6.07, 6.45) is 7.80. The van der Waals surface area contributed by atoms with Crippen LogP contribution < -0.4 is 10.6 Å². The molecule has 2 aromatic heterocycles. The van der Waals surface area contributed by atoms with Crippen LogP contribution in [0.5, 0.6) is 0 Å². The third-order valence-corrected chi connectivity index (χ3v) is 5.86. The Morgan fingerprint density at radius 2 is 1.83 bits per heavy atom. The van der Waals surface area contributed by atoms with Crippen LogP contribution in [-0.2, 0) is 11.8 Å². The third-order valence-electron chi connectivity index (χ3n) is 5.86. The second kappa shape index (κ2) is 9.07. The van der Waals surface area contributed by atoms with Gasteiger partial charge in [-0.3, -0.25) is 9.39 Å². The minimum atomic E-state index is 0.173. The van der Waals surface area contributed by atoms with E-state index >= 15 is 0 Å². The van der Waals surface area contributed by atoms with Gasteiger partial charge in [0.2, 0.25) is 0 Å². The van der Waals surface area contributed by atoms with Gasteiger partial charge in [-0.25, -0.2) is 0 Å². The molecule has 0 saturated heterocycles. The topological polar surface area (TPSA) is 66.6 Å². The molecular weight excluding hydrogens is 360 g/mol. The van der Waals surface area contributed by atoms with Gasteiger partial charge in [-0.05, 0) is 37.5 Å². The second-order valence-electron chi connectivity index (χ2n) is 7.77. The van der Waals surface area contributed by atoms with Gasteiger partial charge in [0, 0.05) is 31.1 Å². The van der Waals surface area contributed by atoms with Gasteiger partial charge in [0.1, 0.15) is 5.82 Å². The smallest absolute Gasteiger partial charge is 0.191 e. The van der Waals surface area contributed by atoms with E-state index in [0.29, 0.717) is 0 Å². The first-order valence-corrected chi connectivity index (χ1v) is 10.7. The van der Waals surface area contributed by atoms with Crippen molar-refractivity contribution in [1.82, 2.24) is 25.2 Å². The number of aromatic nitrogens is 3. The number of guanidine groups is 1. The molecule has 0 bridgehead atoms. The van der Waals surface area contributed by atoms with Gasteiger partial charge in [-0.1, -0.05) is 49.2 Å². The zero-order valence-electron chi connectivity index (χ0n) is 17.1. The molecule has 0 atom stereocenters. The summed E-state index contributed by atoms with van der Waals surface area (Å²) >= 11 is 0. The Labute approximate surface area is 172 Å². The molecular formula is C23H30N6. The Morgan fingerprint density at radius 1 is 1.03 bits per heavy atom. The molecule has 6 heteroatoms. The number of nitrogens with zero attached hydrogens (tertiary/aromatic N) is 4. The van der Waals surface area contributed by atoms with E-state index in [1.807, 2.05) is 28.8 Å². The van der Waals surface area contributed by atoms with Crippen molar-refractivity contribution >= 4 is 11.6 Å². The van der Waals surface area contributed by atoms with Crippen molar-refractivity contribution in [2.24, 2.45) is 4.99 Å². The minimum Gasteiger partial charge on any atom is -0.357 e. The number of aliphatic imine (C=N–C) groups is 1. The number of hydrogen-bond acceptors (Lipinski definition) is 3. The number of pyridine rings is 1. The van der Waals surface area contributed by atoms with Crippen molar-refractivity contribution in [2.75, 3.05) is 19.6 Å². The largest absolute Gasteiger partial charge is 0.357 e. The molecule has 0 radical (unpaired) electrons. The highest BCUT2D eigenvalue weighted by molar-refractivity contribution is 5.79. The van der Waals surface area contributed by atoms with E-state index in [0.717, 1.165) is 43.5 Å². The molecule has 0 spiro atoms. The molecule has 2 heterocycles. The Bertz CT molecular complexity index is 940. The molecule has 1 aromatic carbocycles. The fourth-order valence-corrected chi connectivity index (χ4v) is 4.31. The summed E-state index contributed by atoms with van der Waals surface area (Å²) in [7, 11) is 0. The van der Waals surface area contributed by atoms with Crippen molar-refractivity contribution in [3.63, 3.8) is 0 Å². The molecule has 1 saturated carbocycles. The first-order valence-electron chi connectivity index (χ1n) is 10.7. The van der Waals surface area contributed by atoms with Crippen molar-refractivity contribution < 1.29 is 0 Å². The van der Waals surface area contributed by atoms with Gasteiger partial charge in [0.15, 0.2) is 11.6 Å². The van der Waals surface area contributed by atoms with Crippen LogP contribution in [0.4, 0.5) is 0 Å². The van der Waals surface area contributed by atoms with E-state index in [1.54, 1.807) is 0 Å². The van der Waals surface area contributed by atoms with Crippen LogP contribution in [-0.4, -0.2) is 40.2 Å². The highest BCUT2D eigenvalue weighted by atomic mass is 15.2.